The summed E-state index contributed by atoms with van der Waals surface area (Å²) in [6, 6.07) is 0. The Morgan fingerprint density at radius 3 is 2.72 bits per heavy atom. The monoisotopic (exact) mass is 246 g/mol. The van der Waals surface area contributed by atoms with Crippen LogP contribution < -0.4 is 0 Å². The molecule has 0 N–H and O–H groups in total. The third kappa shape index (κ3) is 1.25. The number of esters is 2. The first-order valence-corrected chi connectivity index (χ1v) is 7.08. The summed E-state index contributed by atoms with van der Waals surface area (Å²) < 4.78 is 4.84. The van der Waals surface area contributed by atoms with E-state index >= 15 is 0 Å². The van der Waals surface area contributed by atoms with Crippen molar-refractivity contribution >= 4 is 11.9 Å². The van der Waals surface area contributed by atoms with Crippen molar-refractivity contribution in [3.05, 3.63) is 12.2 Å². The molecule has 18 heavy (non-hydrogen) atoms. The first-order valence-electron chi connectivity index (χ1n) is 7.08. The minimum atomic E-state index is -0.315. The number of fused-ring (bicyclic) bond motifs is 6. The molecule has 96 valence electrons. The summed E-state index contributed by atoms with van der Waals surface area (Å²) in [5.74, 6) is 2.83. The van der Waals surface area contributed by atoms with Crippen molar-refractivity contribution in [2.24, 2.45) is 41.4 Å². The second-order valence-corrected chi connectivity index (χ2v) is 6.55. The van der Waals surface area contributed by atoms with E-state index < -0.39 is 0 Å². The quantitative estimate of drug-likeness (QED) is 0.374. The topological polar surface area (TPSA) is 43.4 Å². The number of carbonyl (C=O) groups is 2. The molecular formula is C15H18O3. The highest BCUT2D eigenvalue weighted by atomic mass is 16.6. The van der Waals surface area contributed by atoms with Crippen LogP contribution in [0.3, 0.4) is 0 Å². The number of allylic oxidation sites excluding steroid dienone is 2. The van der Waals surface area contributed by atoms with E-state index in [0.717, 1.165) is 6.42 Å². The van der Waals surface area contributed by atoms with Crippen LogP contribution in [0.1, 0.15) is 26.2 Å². The maximum Gasteiger partial charge on any atom is 0.316 e. The summed E-state index contributed by atoms with van der Waals surface area (Å²) in [5.41, 5.74) is 0. The van der Waals surface area contributed by atoms with Gasteiger partial charge >= 0.3 is 11.9 Å². The van der Waals surface area contributed by atoms with Crippen LogP contribution in [0.15, 0.2) is 12.2 Å². The molecule has 4 rings (SSSR count). The molecule has 3 nitrogen and oxygen atoms in total. The van der Waals surface area contributed by atoms with Gasteiger partial charge in [0.2, 0.25) is 0 Å². The van der Waals surface area contributed by atoms with E-state index in [1.165, 1.54) is 6.42 Å². The third-order valence-corrected chi connectivity index (χ3v) is 5.93. The average Bonchev–Trinajstić information content (AvgIpc) is 2.91. The van der Waals surface area contributed by atoms with Crippen molar-refractivity contribution in [3.63, 3.8) is 0 Å². The predicted octanol–water partition coefficient (Wildman–Crippen LogP) is 2.17. The predicted molar refractivity (Wildman–Crippen MR) is 64.2 cm³/mol. The average molecular weight is 246 g/mol. The van der Waals surface area contributed by atoms with Crippen LogP contribution in [0.25, 0.3) is 0 Å². The molecule has 0 aromatic carbocycles. The van der Waals surface area contributed by atoms with E-state index in [-0.39, 0.29) is 23.8 Å². The van der Waals surface area contributed by atoms with Gasteiger partial charge in [-0.05, 0) is 48.3 Å². The number of hydrogen-bond donors (Lipinski definition) is 0. The molecule has 0 radical (unpaired) electrons. The molecule has 3 aliphatic carbocycles. The Hall–Kier alpha value is -1.12. The van der Waals surface area contributed by atoms with Crippen LogP contribution >= 0.6 is 0 Å². The molecule has 0 aromatic rings. The largest absolute Gasteiger partial charge is 0.393 e. The molecule has 3 heteroatoms. The van der Waals surface area contributed by atoms with E-state index in [4.69, 9.17) is 4.74 Å². The van der Waals surface area contributed by atoms with E-state index in [1.807, 2.05) is 0 Å². The van der Waals surface area contributed by atoms with E-state index in [1.54, 1.807) is 0 Å². The van der Waals surface area contributed by atoms with Crippen molar-refractivity contribution in [2.45, 2.75) is 26.2 Å². The van der Waals surface area contributed by atoms with Crippen molar-refractivity contribution in [3.8, 4) is 0 Å². The lowest BCUT2D eigenvalue weighted by molar-refractivity contribution is -0.176. The maximum absolute atomic E-state index is 11.9. The van der Waals surface area contributed by atoms with Crippen LogP contribution in [0.4, 0.5) is 0 Å². The van der Waals surface area contributed by atoms with Gasteiger partial charge in [0.25, 0.3) is 0 Å². The van der Waals surface area contributed by atoms with Gasteiger partial charge in [0.1, 0.15) is 0 Å². The van der Waals surface area contributed by atoms with Crippen LogP contribution in [0, 0.1) is 41.4 Å². The highest BCUT2D eigenvalue weighted by molar-refractivity contribution is 5.90. The van der Waals surface area contributed by atoms with E-state index in [9.17, 15) is 9.59 Å². The zero-order chi connectivity index (χ0) is 12.4. The van der Waals surface area contributed by atoms with Gasteiger partial charge in [-0.3, -0.25) is 9.59 Å². The molecule has 1 aliphatic heterocycles. The fourth-order valence-corrected chi connectivity index (χ4v) is 5.22. The summed E-state index contributed by atoms with van der Waals surface area (Å²) in [7, 11) is 0. The lowest BCUT2D eigenvalue weighted by Gasteiger charge is -2.47. The normalized spacial score (nSPS) is 53.1. The molecule has 7 unspecified atom stereocenters. The van der Waals surface area contributed by atoms with Crippen LogP contribution in [-0.4, -0.2) is 11.9 Å². The second-order valence-electron chi connectivity index (χ2n) is 6.55. The molecule has 4 aliphatic rings. The minimum absolute atomic E-state index is 0.0216. The van der Waals surface area contributed by atoms with Gasteiger partial charge in [-0.2, -0.15) is 0 Å². The zero-order valence-corrected chi connectivity index (χ0v) is 10.5. The first kappa shape index (κ1) is 10.8. The Balaban J connectivity index is 1.69. The molecule has 1 heterocycles. The van der Waals surface area contributed by atoms with E-state index in [2.05, 4.69) is 19.1 Å². The minimum Gasteiger partial charge on any atom is -0.393 e. The molecule has 2 saturated carbocycles. The van der Waals surface area contributed by atoms with Gasteiger partial charge in [-0.15, -0.1) is 0 Å². The molecule has 0 amide bonds. The summed E-state index contributed by atoms with van der Waals surface area (Å²) in [6.45, 7) is 2.24. The molecule has 3 fully saturated rings. The molecule has 1 saturated heterocycles. The Kier molecular flexibility index (Phi) is 2.07. The first-order chi connectivity index (χ1) is 8.65. The second kappa shape index (κ2) is 3.46. The molecule has 0 spiro atoms. The van der Waals surface area contributed by atoms with Crippen LogP contribution in [0.2, 0.25) is 0 Å². The third-order valence-electron chi connectivity index (χ3n) is 5.93. The number of rotatable bonds is 0. The summed E-state index contributed by atoms with van der Waals surface area (Å²) in [5, 5.41) is 0. The maximum atomic E-state index is 11.9. The number of hydrogen-bond acceptors (Lipinski definition) is 3. The van der Waals surface area contributed by atoms with Crippen molar-refractivity contribution in [2.75, 3.05) is 0 Å². The standard InChI is InChI=1S/C15H18O3/c1-7-10-6-13(16)18-15(17)12(10)5-11-8-2-3-9(4-8)14(7)11/h2-3,7-12,14H,4-6H2,1H3. The van der Waals surface area contributed by atoms with Crippen molar-refractivity contribution < 1.29 is 14.3 Å². The number of cyclic esters (lactones) is 2. The summed E-state index contributed by atoms with van der Waals surface area (Å²) >= 11 is 0. The Labute approximate surface area is 107 Å². The van der Waals surface area contributed by atoms with Crippen LogP contribution in [0.5, 0.6) is 0 Å². The van der Waals surface area contributed by atoms with Gasteiger partial charge < -0.3 is 4.74 Å². The van der Waals surface area contributed by atoms with Gasteiger partial charge in [0.05, 0.1) is 5.92 Å². The van der Waals surface area contributed by atoms with Crippen molar-refractivity contribution in [1.82, 2.24) is 0 Å². The smallest absolute Gasteiger partial charge is 0.316 e. The van der Waals surface area contributed by atoms with Gasteiger partial charge in [-0.1, -0.05) is 19.1 Å². The number of carbonyl (C=O) groups excluding carboxylic acids is 2. The Bertz CT molecular complexity index is 453. The molecule has 7 atom stereocenters. The van der Waals surface area contributed by atoms with Crippen molar-refractivity contribution in [1.29, 1.82) is 0 Å². The molecule has 2 bridgehead atoms. The summed E-state index contributed by atoms with van der Waals surface area (Å²) in [4.78, 5) is 23.4. The SMILES string of the molecule is CC1C2CC(=O)OC(=O)C2CC2C3C=CC(C3)C12. The zero-order valence-electron chi connectivity index (χ0n) is 10.5. The summed E-state index contributed by atoms with van der Waals surface area (Å²) in [6.07, 6.45) is 7.37. The fourth-order valence-electron chi connectivity index (χ4n) is 5.22. The number of ether oxygens (including phenoxy) is 1. The lowest BCUT2D eigenvalue weighted by Crippen LogP contribution is -2.48. The Morgan fingerprint density at radius 2 is 1.89 bits per heavy atom. The van der Waals surface area contributed by atoms with Gasteiger partial charge in [0, 0.05) is 6.42 Å². The van der Waals surface area contributed by atoms with Gasteiger partial charge in [0.15, 0.2) is 0 Å². The Morgan fingerprint density at radius 1 is 1.11 bits per heavy atom. The fraction of sp³-hybridized carbons (Fsp3) is 0.733. The van der Waals surface area contributed by atoms with Crippen LogP contribution in [-0.2, 0) is 14.3 Å². The van der Waals surface area contributed by atoms with E-state index in [0.29, 0.717) is 36.0 Å². The van der Waals surface area contributed by atoms with Gasteiger partial charge in [-0.25, -0.2) is 0 Å². The highest BCUT2D eigenvalue weighted by Crippen LogP contribution is 2.59. The highest BCUT2D eigenvalue weighted by Gasteiger charge is 2.56. The molecular weight excluding hydrogens is 228 g/mol. The lowest BCUT2D eigenvalue weighted by atomic mass is 9.58. The molecule has 0 aromatic heterocycles.